The van der Waals surface area contributed by atoms with E-state index in [-0.39, 0.29) is 12.2 Å². The number of carboxylic acid groups (broad SMARTS) is 1. The van der Waals surface area contributed by atoms with Gasteiger partial charge in [-0.25, -0.2) is 4.79 Å². The van der Waals surface area contributed by atoms with Gasteiger partial charge in [-0.1, -0.05) is 30.3 Å². The molecule has 1 saturated heterocycles. The van der Waals surface area contributed by atoms with Gasteiger partial charge < -0.3 is 10.0 Å². The van der Waals surface area contributed by atoms with Crippen molar-refractivity contribution < 1.29 is 24.4 Å². The zero-order valence-corrected chi connectivity index (χ0v) is 14.9. The fourth-order valence-electron chi connectivity index (χ4n) is 3.26. The van der Waals surface area contributed by atoms with Crippen molar-refractivity contribution in [3.63, 3.8) is 0 Å². The maximum Gasteiger partial charge on any atom is 0.328 e. The van der Waals surface area contributed by atoms with E-state index in [1.165, 1.54) is 36.1 Å². The molecule has 28 heavy (non-hydrogen) atoms. The van der Waals surface area contributed by atoms with Gasteiger partial charge in [-0.05, 0) is 30.2 Å². The summed E-state index contributed by atoms with van der Waals surface area (Å²) in [7, 11) is 0. The lowest BCUT2D eigenvalue weighted by molar-refractivity contribution is -0.384. The number of non-ortho nitro benzene ring substituents is 1. The van der Waals surface area contributed by atoms with Crippen molar-refractivity contribution >= 4 is 23.6 Å². The number of nitro groups is 1. The van der Waals surface area contributed by atoms with E-state index in [2.05, 4.69) is 0 Å². The topological polar surface area (TPSA) is 121 Å². The molecule has 3 rings (SSSR count). The van der Waals surface area contributed by atoms with Crippen molar-refractivity contribution in [2.24, 2.45) is 0 Å². The van der Waals surface area contributed by atoms with Crippen LogP contribution in [-0.2, 0) is 21.7 Å². The zero-order valence-electron chi connectivity index (χ0n) is 14.9. The first-order chi connectivity index (χ1) is 13.2. The molecule has 9 heteroatoms. The lowest BCUT2D eigenvalue weighted by Crippen LogP contribution is -2.44. The lowest BCUT2D eigenvalue weighted by atomic mass is 9.89. The molecule has 9 nitrogen and oxygen atoms in total. The van der Waals surface area contributed by atoms with Crippen LogP contribution in [0.2, 0.25) is 0 Å². The van der Waals surface area contributed by atoms with Gasteiger partial charge in [0.15, 0.2) is 0 Å². The third-order valence-corrected chi connectivity index (χ3v) is 4.78. The van der Waals surface area contributed by atoms with Crippen LogP contribution in [0, 0.1) is 10.1 Å². The van der Waals surface area contributed by atoms with Gasteiger partial charge in [-0.15, -0.1) is 0 Å². The van der Waals surface area contributed by atoms with Gasteiger partial charge in [0.2, 0.25) is 0 Å². The van der Waals surface area contributed by atoms with Crippen molar-refractivity contribution in [3.8, 4) is 0 Å². The third kappa shape index (κ3) is 3.18. The number of rotatable bonds is 6. The quantitative estimate of drug-likeness (QED) is 0.464. The smallest absolute Gasteiger partial charge is 0.328 e. The second kappa shape index (κ2) is 7.10. The second-order valence-corrected chi connectivity index (χ2v) is 6.52. The molecule has 1 aliphatic rings. The Kier molecular flexibility index (Phi) is 4.83. The lowest BCUT2D eigenvalue weighted by Gasteiger charge is -2.32. The molecule has 0 aliphatic carbocycles. The maximum atomic E-state index is 13.1. The number of carbonyl (C=O) groups excluding carboxylic acids is 2. The molecule has 0 aromatic heterocycles. The summed E-state index contributed by atoms with van der Waals surface area (Å²) in [6, 6.07) is 13.5. The molecular formula is C19H17N3O6. The summed E-state index contributed by atoms with van der Waals surface area (Å²) in [4.78, 5) is 49.4. The van der Waals surface area contributed by atoms with E-state index in [1.54, 1.807) is 24.3 Å². The van der Waals surface area contributed by atoms with Crippen LogP contribution >= 0.6 is 0 Å². The molecule has 1 atom stereocenters. The molecule has 0 unspecified atom stereocenters. The number of hydrogen-bond acceptors (Lipinski definition) is 5. The van der Waals surface area contributed by atoms with Crippen LogP contribution in [-0.4, -0.2) is 44.3 Å². The van der Waals surface area contributed by atoms with Crippen LogP contribution in [0.25, 0.3) is 0 Å². The van der Waals surface area contributed by atoms with Gasteiger partial charge in [0.05, 0.1) is 4.92 Å². The Morgan fingerprint density at radius 2 is 1.71 bits per heavy atom. The monoisotopic (exact) mass is 383 g/mol. The van der Waals surface area contributed by atoms with Gasteiger partial charge in [0.25, 0.3) is 11.6 Å². The average molecular weight is 383 g/mol. The predicted octanol–water partition coefficient (Wildman–Crippen LogP) is 2.36. The Morgan fingerprint density at radius 1 is 1.11 bits per heavy atom. The first-order valence-corrected chi connectivity index (χ1v) is 8.39. The van der Waals surface area contributed by atoms with Crippen molar-refractivity contribution in [2.75, 3.05) is 6.54 Å². The number of benzene rings is 2. The molecule has 1 N–H and O–H groups in total. The number of nitrogens with zero attached hydrogens (tertiary/aromatic N) is 3. The minimum atomic E-state index is -1.49. The largest absolute Gasteiger partial charge is 0.480 e. The van der Waals surface area contributed by atoms with Crippen molar-refractivity contribution in [2.45, 2.75) is 19.0 Å². The Bertz CT molecular complexity index is 944. The van der Waals surface area contributed by atoms with E-state index in [0.717, 1.165) is 5.56 Å². The van der Waals surface area contributed by atoms with E-state index in [4.69, 9.17) is 5.11 Å². The van der Waals surface area contributed by atoms with Crippen LogP contribution in [0.1, 0.15) is 18.1 Å². The summed E-state index contributed by atoms with van der Waals surface area (Å²) in [6.07, 6.45) is 0. The van der Waals surface area contributed by atoms with E-state index >= 15 is 0 Å². The highest BCUT2D eigenvalue weighted by Gasteiger charge is 2.55. The Balaban J connectivity index is 2.06. The highest BCUT2D eigenvalue weighted by atomic mass is 16.6. The van der Waals surface area contributed by atoms with Crippen LogP contribution in [0.4, 0.5) is 10.5 Å². The molecule has 0 spiro atoms. The average Bonchev–Trinajstić information content (AvgIpc) is 2.85. The highest BCUT2D eigenvalue weighted by Crippen LogP contribution is 2.38. The molecule has 2 aromatic rings. The molecule has 0 radical (unpaired) electrons. The van der Waals surface area contributed by atoms with Crippen molar-refractivity contribution in [1.29, 1.82) is 0 Å². The van der Waals surface area contributed by atoms with Crippen molar-refractivity contribution in [3.05, 3.63) is 75.8 Å². The predicted molar refractivity (Wildman–Crippen MR) is 97.2 cm³/mol. The van der Waals surface area contributed by atoms with Crippen LogP contribution in [0.15, 0.2) is 54.6 Å². The van der Waals surface area contributed by atoms with Gasteiger partial charge in [0.1, 0.15) is 12.1 Å². The van der Waals surface area contributed by atoms with Crippen molar-refractivity contribution in [1.82, 2.24) is 9.80 Å². The summed E-state index contributed by atoms with van der Waals surface area (Å²) in [5.74, 6) is -2.00. The molecule has 0 saturated carbocycles. The van der Waals surface area contributed by atoms with Crippen LogP contribution in [0.5, 0.6) is 0 Å². The standard InChI is InChI=1S/C19H17N3O6/c1-19(14-7-9-15(10-8-14)22(27)28)17(25)20(12-16(23)24)18(26)21(19)11-13-5-3-2-4-6-13/h2-10H,11-12H2,1H3,(H,23,24)/t19-/m1/s1. The molecule has 2 aromatic carbocycles. The van der Waals surface area contributed by atoms with Gasteiger partial charge in [0, 0.05) is 18.7 Å². The summed E-state index contributed by atoms with van der Waals surface area (Å²) in [5.41, 5.74) is -0.521. The number of carbonyl (C=O) groups is 3. The molecule has 1 heterocycles. The maximum absolute atomic E-state index is 13.1. The Hall–Kier alpha value is -3.75. The van der Waals surface area contributed by atoms with Gasteiger partial charge in [-0.3, -0.25) is 24.6 Å². The second-order valence-electron chi connectivity index (χ2n) is 6.52. The Labute approximate surface area is 159 Å². The molecule has 0 bridgehead atoms. The van der Waals surface area contributed by atoms with Crippen LogP contribution < -0.4 is 0 Å². The summed E-state index contributed by atoms with van der Waals surface area (Å²) in [5, 5.41) is 20.0. The first-order valence-electron chi connectivity index (χ1n) is 8.39. The minimum absolute atomic E-state index is 0.0784. The summed E-state index contributed by atoms with van der Waals surface area (Å²) in [6.45, 7) is 0.833. The highest BCUT2D eigenvalue weighted by molar-refractivity contribution is 6.08. The van der Waals surface area contributed by atoms with Gasteiger partial charge in [-0.2, -0.15) is 0 Å². The fraction of sp³-hybridized carbons (Fsp3) is 0.211. The summed E-state index contributed by atoms with van der Waals surface area (Å²) >= 11 is 0. The molecular weight excluding hydrogens is 366 g/mol. The van der Waals surface area contributed by atoms with E-state index in [9.17, 15) is 24.5 Å². The fourth-order valence-corrected chi connectivity index (χ4v) is 3.26. The number of carboxylic acids is 1. The van der Waals surface area contributed by atoms with E-state index in [0.29, 0.717) is 10.5 Å². The van der Waals surface area contributed by atoms with Crippen LogP contribution in [0.3, 0.4) is 0 Å². The normalized spacial score (nSPS) is 19.2. The summed E-state index contributed by atoms with van der Waals surface area (Å²) < 4.78 is 0. The first kappa shape index (κ1) is 19.0. The molecule has 1 fully saturated rings. The van der Waals surface area contributed by atoms with Gasteiger partial charge >= 0.3 is 12.0 Å². The number of urea groups is 1. The zero-order chi connectivity index (χ0) is 20.5. The van der Waals surface area contributed by atoms with E-state index < -0.39 is 34.9 Å². The SMILES string of the molecule is C[C@@]1(c2ccc([N+](=O)[O-])cc2)C(=O)N(CC(=O)O)C(=O)N1Cc1ccccc1. The molecule has 144 valence electrons. The minimum Gasteiger partial charge on any atom is -0.480 e. The Morgan fingerprint density at radius 3 is 2.25 bits per heavy atom. The number of hydrogen-bond donors (Lipinski definition) is 1. The third-order valence-electron chi connectivity index (χ3n) is 4.78. The molecule has 3 amide bonds. The number of nitro benzene ring substituents is 1. The molecule has 1 aliphatic heterocycles. The number of amides is 3. The number of imide groups is 1. The number of aliphatic carboxylic acids is 1. The van der Waals surface area contributed by atoms with E-state index in [1.807, 2.05) is 6.07 Å².